The summed E-state index contributed by atoms with van der Waals surface area (Å²) in [6, 6.07) is 14.9. The Hall–Kier alpha value is -3.59. The number of nitrogens with zero attached hydrogens (tertiary/aromatic N) is 2. The number of ether oxygens (including phenoxy) is 1. The van der Waals surface area contributed by atoms with Crippen LogP contribution in [0.4, 0.5) is 10.1 Å². The largest absolute Gasteiger partial charge is 0.490 e. The third kappa shape index (κ3) is 4.83. The minimum atomic E-state index is -0.690. The van der Waals surface area contributed by atoms with Crippen molar-refractivity contribution in [2.45, 2.75) is 19.4 Å². The molecule has 0 saturated carbocycles. The van der Waals surface area contributed by atoms with Gasteiger partial charge in [0.2, 0.25) is 0 Å². The van der Waals surface area contributed by atoms with E-state index in [0.717, 1.165) is 17.8 Å². The van der Waals surface area contributed by atoms with Crippen LogP contribution >= 0.6 is 12.1 Å². The van der Waals surface area contributed by atoms with Gasteiger partial charge >= 0.3 is 0 Å². The number of rotatable bonds is 6. The van der Waals surface area contributed by atoms with Gasteiger partial charge in [-0.05, 0) is 50.2 Å². The van der Waals surface area contributed by atoms with Crippen LogP contribution in [0.15, 0.2) is 65.2 Å². The minimum absolute atomic E-state index is 0.206. The molecule has 2 heterocycles. The van der Waals surface area contributed by atoms with Crippen LogP contribution in [-0.4, -0.2) is 28.9 Å². The monoisotopic (exact) mass is 451 g/mol. The van der Waals surface area contributed by atoms with E-state index in [1.807, 2.05) is 32.0 Å². The Morgan fingerprint density at radius 3 is 2.84 bits per heavy atom. The molecule has 0 aliphatic carbocycles. The molecular weight excluding hydrogens is 429 g/mol. The van der Waals surface area contributed by atoms with Crippen molar-refractivity contribution in [1.82, 2.24) is 10.3 Å². The van der Waals surface area contributed by atoms with Gasteiger partial charge in [0.05, 0.1) is 34.6 Å². The number of benzene rings is 2. The van der Waals surface area contributed by atoms with Crippen LogP contribution in [0.2, 0.25) is 0 Å². The number of halogens is 1. The number of carbonyl (C=O) groups is 1. The van der Waals surface area contributed by atoms with E-state index in [1.165, 1.54) is 18.3 Å². The van der Waals surface area contributed by atoms with Crippen molar-refractivity contribution in [2.24, 2.45) is 10.1 Å². The Labute approximate surface area is 189 Å². The summed E-state index contributed by atoms with van der Waals surface area (Å²) in [5.74, 6) is 0.312. The van der Waals surface area contributed by atoms with Crippen LogP contribution < -0.4 is 20.5 Å². The number of nitrogens with two attached hydrogens (primary N) is 1. The van der Waals surface area contributed by atoms with E-state index >= 15 is 0 Å². The highest BCUT2D eigenvalue weighted by Gasteiger charge is 2.25. The number of amides is 1. The molecule has 7 nitrogen and oxygen atoms in total. The van der Waals surface area contributed by atoms with Crippen LogP contribution in [0.3, 0.4) is 0 Å². The molecule has 2 aromatic carbocycles. The molecular formula is C23H22FN5O2S. The highest BCUT2D eigenvalue weighted by molar-refractivity contribution is 7.99. The van der Waals surface area contributed by atoms with E-state index in [-0.39, 0.29) is 18.3 Å². The van der Waals surface area contributed by atoms with Gasteiger partial charge in [-0.2, -0.15) is 4.40 Å². The summed E-state index contributed by atoms with van der Waals surface area (Å²) >= 11 is 1.16. The van der Waals surface area contributed by atoms with Crippen LogP contribution in [-0.2, 0) is 0 Å². The lowest BCUT2D eigenvalue weighted by Crippen LogP contribution is -2.48. The van der Waals surface area contributed by atoms with E-state index in [9.17, 15) is 9.18 Å². The van der Waals surface area contributed by atoms with Gasteiger partial charge in [0.25, 0.3) is 5.91 Å². The van der Waals surface area contributed by atoms with E-state index < -0.39 is 5.54 Å². The fourth-order valence-electron chi connectivity index (χ4n) is 3.22. The molecule has 9 heteroatoms. The number of fused-ring (bicyclic) bond motifs is 1. The fourth-order valence-corrected chi connectivity index (χ4v) is 3.72. The van der Waals surface area contributed by atoms with Gasteiger partial charge in [-0.15, -0.1) is 0 Å². The van der Waals surface area contributed by atoms with E-state index in [4.69, 9.17) is 10.5 Å². The highest BCUT2D eigenvalue weighted by Crippen LogP contribution is 2.32. The Morgan fingerprint density at radius 1 is 1.22 bits per heavy atom. The molecule has 0 saturated heterocycles. The van der Waals surface area contributed by atoms with Crippen molar-refractivity contribution in [3.8, 4) is 17.0 Å². The normalized spacial score (nSPS) is 12.9. The Kier molecular flexibility index (Phi) is 6.00. The van der Waals surface area contributed by atoms with Crippen molar-refractivity contribution < 1.29 is 13.9 Å². The van der Waals surface area contributed by atoms with Crippen molar-refractivity contribution in [3.63, 3.8) is 0 Å². The predicted octanol–water partition coefficient (Wildman–Crippen LogP) is 4.17. The molecule has 0 atom stereocenters. The second kappa shape index (κ2) is 8.88. The summed E-state index contributed by atoms with van der Waals surface area (Å²) in [7, 11) is 0. The van der Waals surface area contributed by atoms with E-state index in [1.54, 1.807) is 24.3 Å². The molecule has 0 bridgehead atoms. The molecule has 4 N–H and O–H groups in total. The Balaban J connectivity index is 1.46. The standard InChI is InChI=1S/C23H22FN5O2S/c1-23(2,13-31-19-8-4-7-17-20(19)21(25)29-32-28-17)27-22(30)15-9-10-26-18(12-15)14-5-3-6-16(24)11-14/h3-12,28H,13H2,1-2H3,(H2,25,29)(H,27,30). The van der Waals surface area contributed by atoms with Gasteiger partial charge in [-0.25, -0.2) is 4.39 Å². The van der Waals surface area contributed by atoms with Gasteiger partial charge in [-0.1, -0.05) is 18.2 Å². The zero-order valence-electron chi connectivity index (χ0n) is 17.6. The van der Waals surface area contributed by atoms with Crippen LogP contribution in [0.5, 0.6) is 5.75 Å². The summed E-state index contributed by atoms with van der Waals surface area (Å²) in [6.45, 7) is 3.93. The van der Waals surface area contributed by atoms with E-state index in [2.05, 4.69) is 19.4 Å². The molecule has 0 fully saturated rings. The van der Waals surface area contributed by atoms with Crippen LogP contribution in [0, 0.1) is 5.82 Å². The number of aromatic nitrogens is 1. The molecule has 0 radical (unpaired) electrons. The molecule has 4 rings (SSSR count). The maximum absolute atomic E-state index is 13.5. The maximum atomic E-state index is 13.5. The highest BCUT2D eigenvalue weighted by atomic mass is 32.2. The lowest BCUT2D eigenvalue weighted by molar-refractivity contribution is 0.0880. The van der Waals surface area contributed by atoms with Gasteiger partial charge in [0.1, 0.15) is 24.0 Å². The first-order chi connectivity index (χ1) is 15.3. The molecule has 3 aromatic rings. The molecule has 0 unspecified atom stereocenters. The number of nitrogens with one attached hydrogen (secondary N) is 2. The second-order valence-corrected chi connectivity index (χ2v) is 8.48. The molecule has 1 aliphatic heterocycles. The Bertz CT molecular complexity index is 1200. The number of carbonyl (C=O) groups excluding carboxylic acids is 1. The molecule has 32 heavy (non-hydrogen) atoms. The van der Waals surface area contributed by atoms with Crippen LogP contribution in [0.25, 0.3) is 11.3 Å². The van der Waals surface area contributed by atoms with Gasteiger partial charge < -0.3 is 20.5 Å². The third-order valence-electron chi connectivity index (χ3n) is 4.76. The average Bonchev–Trinajstić information content (AvgIpc) is 2.78. The van der Waals surface area contributed by atoms with Gasteiger partial charge in [0.15, 0.2) is 0 Å². The summed E-state index contributed by atoms with van der Waals surface area (Å²) in [5.41, 5.74) is 8.39. The average molecular weight is 452 g/mol. The second-order valence-electron chi connectivity index (χ2n) is 7.92. The third-order valence-corrected chi connectivity index (χ3v) is 5.36. The maximum Gasteiger partial charge on any atom is 0.251 e. The van der Waals surface area contributed by atoms with E-state index in [0.29, 0.717) is 34.0 Å². The lowest BCUT2D eigenvalue weighted by atomic mass is 10.0. The number of anilines is 1. The quantitative estimate of drug-likeness (QED) is 0.486. The zero-order chi connectivity index (χ0) is 22.7. The predicted molar refractivity (Wildman–Crippen MR) is 125 cm³/mol. The first-order valence-corrected chi connectivity index (χ1v) is 10.7. The first-order valence-electron chi connectivity index (χ1n) is 9.88. The number of hydrogen-bond acceptors (Lipinski definition) is 7. The molecule has 1 amide bonds. The smallest absolute Gasteiger partial charge is 0.251 e. The zero-order valence-corrected chi connectivity index (χ0v) is 18.4. The van der Waals surface area contributed by atoms with Gasteiger partial charge in [-0.3, -0.25) is 9.78 Å². The fraction of sp³-hybridized carbons (Fsp3) is 0.174. The number of amidine groups is 1. The molecule has 1 aromatic heterocycles. The number of hydrogen-bond donors (Lipinski definition) is 3. The summed E-state index contributed by atoms with van der Waals surface area (Å²) in [4.78, 5) is 17.1. The Morgan fingerprint density at radius 2 is 2.03 bits per heavy atom. The topological polar surface area (TPSA) is 102 Å². The summed E-state index contributed by atoms with van der Waals surface area (Å²) < 4.78 is 26.8. The summed E-state index contributed by atoms with van der Waals surface area (Å²) in [5, 5.41) is 2.98. The van der Waals surface area contributed by atoms with Crippen molar-refractivity contribution in [2.75, 3.05) is 11.3 Å². The molecule has 0 spiro atoms. The minimum Gasteiger partial charge on any atom is -0.490 e. The lowest BCUT2D eigenvalue weighted by Gasteiger charge is -2.27. The van der Waals surface area contributed by atoms with Crippen molar-refractivity contribution in [3.05, 3.63) is 77.7 Å². The SMILES string of the molecule is CC(C)(COc1cccc2c1C(N)=NSN2)NC(=O)c1ccnc(-c2cccc(F)c2)c1. The van der Waals surface area contributed by atoms with Crippen molar-refractivity contribution in [1.29, 1.82) is 0 Å². The van der Waals surface area contributed by atoms with Crippen LogP contribution in [0.1, 0.15) is 29.8 Å². The van der Waals surface area contributed by atoms with Gasteiger partial charge in [0, 0.05) is 17.3 Å². The number of pyridine rings is 1. The summed E-state index contributed by atoms with van der Waals surface area (Å²) in [6.07, 6.45) is 1.53. The molecule has 164 valence electrons. The van der Waals surface area contributed by atoms with Crippen molar-refractivity contribution >= 4 is 29.6 Å². The molecule has 1 aliphatic rings. The first kappa shape index (κ1) is 21.6.